The van der Waals surface area contributed by atoms with Gasteiger partial charge in [0.2, 0.25) is 0 Å². The smallest absolute Gasteiger partial charge is 0.338 e. The monoisotopic (exact) mass is 542 g/mol. The van der Waals surface area contributed by atoms with Crippen molar-refractivity contribution < 1.29 is 27.2 Å². The molecule has 12 heteroatoms. The molecule has 190 valence electrons. The van der Waals surface area contributed by atoms with Gasteiger partial charge in [-0.05, 0) is 67.1 Å². The molecule has 0 heterocycles. The minimum atomic E-state index is -4.57. The first kappa shape index (κ1) is 27.1. The predicted molar refractivity (Wildman–Crippen MR) is 132 cm³/mol. The van der Waals surface area contributed by atoms with Crippen LogP contribution in [-0.4, -0.2) is 25.2 Å². The fourth-order valence-corrected chi connectivity index (χ4v) is 3.42. The molecule has 0 unspecified atom stereocenters. The van der Waals surface area contributed by atoms with Crippen LogP contribution in [0.2, 0.25) is 10.0 Å². The third kappa shape index (κ3) is 7.76. The molecule has 0 aliphatic carbocycles. The number of hydrogen-bond acceptors (Lipinski definition) is 2. The van der Waals surface area contributed by atoms with E-state index in [9.17, 15) is 27.2 Å². The maximum Gasteiger partial charge on any atom is 0.416 e. The van der Waals surface area contributed by atoms with Crippen LogP contribution in [0.4, 0.5) is 44.2 Å². The number of hydrogen-bond donors (Lipinski definition) is 3. The van der Waals surface area contributed by atoms with Gasteiger partial charge in [0, 0.05) is 30.2 Å². The first-order chi connectivity index (χ1) is 17.0. The van der Waals surface area contributed by atoms with E-state index in [1.165, 1.54) is 41.3 Å². The summed E-state index contributed by atoms with van der Waals surface area (Å²) in [5, 5.41) is 8.26. The normalized spacial score (nSPS) is 11.1. The van der Waals surface area contributed by atoms with Crippen LogP contribution in [0.15, 0.2) is 66.7 Å². The lowest BCUT2D eigenvalue weighted by molar-refractivity contribution is -0.137. The van der Waals surface area contributed by atoms with E-state index in [1.807, 2.05) is 0 Å². The van der Waals surface area contributed by atoms with Crippen molar-refractivity contribution in [2.24, 2.45) is 0 Å². The number of amides is 4. The zero-order valence-corrected chi connectivity index (χ0v) is 20.0. The van der Waals surface area contributed by atoms with Crippen LogP contribution in [0.1, 0.15) is 12.0 Å². The average molecular weight is 543 g/mol. The van der Waals surface area contributed by atoms with Gasteiger partial charge in [0.05, 0.1) is 15.6 Å². The van der Waals surface area contributed by atoms with E-state index in [0.29, 0.717) is 16.4 Å². The highest BCUT2D eigenvalue weighted by atomic mass is 35.5. The summed E-state index contributed by atoms with van der Waals surface area (Å²) >= 11 is 11.8. The molecule has 4 amide bonds. The van der Waals surface area contributed by atoms with Crippen molar-refractivity contribution in [2.45, 2.75) is 12.6 Å². The lowest BCUT2D eigenvalue weighted by Crippen LogP contribution is -2.38. The van der Waals surface area contributed by atoms with Gasteiger partial charge in [-0.1, -0.05) is 29.3 Å². The fraction of sp³-hybridized carbons (Fsp3) is 0.167. The molecule has 0 bridgehead atoms. The van der Waals surface area contributed by atoms with E-state index in [2.05, 4.69) is 16.0 Å². The van der Waals surface area contributed by atoms with Crippen LogP contribution >= 0.6 is 23.2 Å². The lowest BCUT2D eigenvalue weighted by atomic mass is 10.2. The number of alkyl halides is 3. The first-order valence-electron chi connectivity index (χ1n) is 10.5. The molecule has 3 aromatic carbocycles. The average Bonchev–Trinajstić information content (AvgIpc) is 2.82. The molecule has 0 radical (unpaired) electrons. The SMILES string of the molecule is O=C(NCCCN(C(=O)Nc1cccc(C(F)(F)F)c1)c1ccc(F)cc1)Nc1ccc(Cl)c(Cl)c1. The number of urea groups is 2. The highest BCUT2D eigenvalue weighted by Crippen LogP contribution is 2.31. The standard InChI is InChI=1S/C24H20Cl2F4N4O2/c25-20-10-7-18(14-21(20)26)32-22(35)31-11-2-12-34(19-8-5-16(27)6-9-19)23(36)33-17-4-1-3-15(13-17)24(28,29)30/h1,3-10,13-14H,2,11-12H2,(H,33,36)(H2,31,32,35). The Bertz CT molecular complexity index is 1220. The van der Waals surface area contributed by atoms with Crippen molar-refractivity contribution in [2.75, 3.05) is 28.6 Å². The highest BCUT2D eigenvalue weighted by Gasteiger charge is 2.30. The fourth-order valence-electron chi connectivity index (χ4n) is 3.12. The van der Waals surface area contributed by atoms with Gasteiger partial charge in [0.25, 0.3) is 0 Å². The van der Waals surface area contributed by atoms with E-state index in [1.54, 1.807) is 6.07 Å². The molecule has 0 aliphatic rings. The largest absolute Gasteiger partial charge is 0.416 e. The van der Waals surface area contributed by atoms with Gasteiger partial charge in [0.15, 0.2) is 0 Å². The molecule has 3 aromatic rings. The Balaban J connectivity index is 1.62. The quantitative estimate of drug-likeness (QED) is 0.215. The predicted octanol–water partition coefficient (Wildman–Crippen LogP) is 7.40. The molecule has 0 fully saturated rings. The Morgan fingerprint density at radius 2 is 1.56 bits per heavy atom. The summed E-state index contributed by atoms with van der Waals surface area (Å²) in [5.41, 5.74) is -0.219. The molecule has 0 spiro atoms. The van der Waals surface area contributed by atoms with Gasteiger partial charge < -0.3 is 16.0 Å². The van der Waals surface area contributed by atoms with E-state index in [4.69, 9.17) is 23.2 Å². The van der Waals surface area contributed by atoms with Gasteiger partial charge in [0.1, 0.15) is 5.82 Å². The summed E-state index contributed by atoms with van der Waals surface area (Å²) < 4.78 is 52.4. The number of benzene rings is 3. The van der Waals surface area contributed by atoms with Crippen LogP contribution in [0, 0.1) is 5.82 Å². The number of nitrogens with zero attached hydrogens (tertiary/aromatic N) is 1. The van der Waals surface area contributed by atoms with E-state index >= 15 is 0 Å². The zero-order chi connectivity index (χ0) is 26.3. The van der Waals surface area contributed by atoms with E-state index in [-0.39, 0.29) is 30.2 Å². The summed E-state index contributed by atoms with van der Waals surface area (Å²) in [6.45, 7) is 0.227. The second-order valence-electron chi connectivity index (χ2n) is 7.50. The number of carbonyl (C=O) groups excluding carboxylic acids is 2. The third-order valence-electron chi connectivity index (χ3n) is 4.85. The second-order valence-corrected chi connectivity index (χ2v) is 8.31. The Morgan fingerprint density at radius 1 is 0.861 bits per heavy atom. The highest BCUT2D eigenvalue weighted by molar-refractivity contribution is 6.42. The molecular formula is C24H20Cl2F4N4O2. The molecule has 3 rings (SSSR count). The second kappa shape index (κ2) is 12.0. The van der Waals surface area contributed by atoms with Crippen LogP contribution in [0.3, 0.4) is 0 Å². The molecule has 0 saturated carbocycles. The molecule has 0 saturated heterocycles. The topological polar surface area (TPSA) is 73.5 Å². The summed E-state index contributed by atoms with van der Waals surface area (Å²) in [5.74, 6) is -0.516. The van der Waals surface area contributed by atoms with Crippen molar-refractivity contribution in [3.8, 4) is 0 Å². The summed E-state index contributed by atoms with van der Waals surface area (Å²) in [6.07, 6.45) is -4.29. The van der Waals surface area contributed by atoms with Crippen molar-refractivity contribution in [1.82, 2.24) is 5.32 Å². The minimum Gasteiger partial charge on any atom is -0.338 e. The van der Waals surface area contributed by atoms with Crippen molar-refractivity contribution in [1.29, 1.82) is 0 Å². The van der Waals surface area contributed by atoms with Crippen LogP contribution in [0.25, 0.3) is 0 Å². The Labute approximate surface area is 214 Å². The van der Waals surface area contributed by atoms with E-state index < -0.39 is 29.6 Å². The third-order valence-corrected chi connectivity index (χ3v) is 5.59. The number of rotatable bonds is 7. The number of carbonyl (C=O) groups is 2. The summed E-state index contributed by atoms with van der Waals surface area (Å²) in [6, 6.07) is 12.6. The van der Waals surface area contributed by atoms with Gasteiger partial charge >= 0.3 is 18.2 Å². The Morgan fingerprint density at radius 3 is 2.22 bits per heavy atom. The summed E-state index contributed by atoms with van der Waals surface area (Å²) in [4.78, 5) is 26.3. The van der Waals surface area contributed by atoms with Crippen LogP contribution in [-0.2, 0) is 6.18 Å². The lowest BCUT2D eigenvalue weighted by Gasteiger charge is -2.24. The van der Waals surface area contributed by atoms with Crippen molar-refractivity contribution in [3.05, 3.63) is 88.2 Å². The molecule has 0 aliphatic heterocycles. The maximum atomic E-state index is 13.4. The van der Waals surface area contributed by atoms with Gasteiger partial charge in [-0.3, -0.25) is 4.90 Å². The molecule has 36 heavy (non-hydrogen) atoms. The summed E-state index contributed by atoms with van der Waals surface area (Å²) in [7, 11) is 0. The Kier molecular flexibility index (Phi) is 9.00. The number of nitrogens with one attached hydrogen (secondary N) is 3. The maximum absolute atomic E-state index is 13.4. The van der Waals surface area contributed by atoms with Crippen molar-refractivity contribution >= 4 is 52.3 Å². The molecule has 6 nitrogen and oxygen atoms in total. The minimum absolute atomic E-state index is 0.0546. The van der Waals surface area contributed by atoms with E-state index in [0.717, 1.165) is 24.3 Å². The molecule has 0 aromatic heterocycles. The number of anilines is 3. The van der Waals surface area contributed by atoms with Crippen LogP contribution < -0.4 is 20.9 Å². The van der Waals surface area contributed by atoms with Gasteiger partial charge in [-0.2, -0.15) is 13.2 Å². The van der Waals surface area contributed by atoms with Gasteiger partial charge in [-0.25, -0.2) is 14.0 Å². The molecular weight excluding hydrogens is 523 g/mol. The Hall–Kier alpha value is -3.50. The molecule has 0 atom stereocenters. The van der Waals surface area contributed by atoms with Gasteiger partial charge in [-0.15, -0.1) is 0 Å². The number of halogens is 6. The first-order valence-corrected chi connectivity index (χ1v) is 11.3. The zero-order valence-electron chi connectivity index (χ0n) is 18.5. The van der Waals surface area contributed by atoms with Crippen molar-refractivity contribution in [3.63, 3.8) is 0 Å². The van der Waals surface area contributed by atoms with Crippen LogP contribution in [0.5, 0.6) is 0 Å². The molecule has 3 N–H and O–H groups in total.